The lowest BCUT2D eigenvalue weighted by molar-refractivity contribution is -0.120. The standard InChI is InChI=1S/C20H30N6O/c1-5-11-22-19(27)10-12-23-20(21-4)24-14-17-8-6-7-9-18(17)26-16(3)13-15(2)25-26/h6-9,13H,5,10-12,14H2,1-4H3,(H,22,27)(H2,21,23,24). The zero-order valence-corrected chi connectivity index (χ0v) is 16.7. The number of hydrogen-bond acceptors (Lipinski definition) is 3. The Balaban J connectivity index is 1.93. The van der Waals surface area contributed by atoms with Gasteiger partial charge in [0.2, 0.25) is 5.91 Å². The van der Waals surface area contributed by atoms with E-state index in [1.165, 1.54) is 0 Å². The van der Waals surface area contributed by atoms with Crippen molar-refractivity contribution in [2.24, 2.45) is 4.99 Å². The zero-order valence-electron chi connectivity index (χ0n) is 16.7. The van der Waals surface area contributed by atoms with Gasteiger partial charge in [-0.15, -0.1) is 0 Å². The number of hydrogen-bond donors (Lipinski definition) is 3. The molecule has 1 heterocycles. The minimum atomic E-state index is 0.0506. The van der Waals surface area contributed by atoms with Gasteiger partial charge >= 0.3 is 0 Å². The van der Waals surface area contributed by atoms with Gasteiger partial charge in [-0.2, -0.15) is 5.10 Å². The number of aliphatic imine (C=N–C) groups is 1. The van der Waals surface area contributed by atoms with Crippen LogP contribution in [0, 0.1) is 13.8 Å². The normalized spacial score (nSPS) is 11.3. The van der Waals surface area contributed by atoms with Crippen LogP contribution in [0.4, 0.5) is 0 Å². The fourth-order valence-electron chi connectivity index (χ4n) is 2.79. The zero-order chi connectivity index (χ0) is 19.6. The van der Waals surface area contributed by atoms with Gasteiger partial charge in [-0.25, -0.2) is 4.68 Å². The van der Waals surface area contributed by atoms with E-state index in [-0.39, 0.29) is 5.91 Å². The monoisotopic (exact) mass is 370 g/mol. The first-order chi connectivity index (χ1) is 13.0. The van der Waals surface area contributed by atoms with E-state index < -0.39 is 0 Å². The van der Waals surface area contributed by atoms with E-state index in [4.69, 9.17) is 0 Å². The van der Waals surface area contributed by atoms with Gasteiger partial charge in [-0.1, -0.05) is 25.1 Å². The Hall–Kier alpha value is -2.83. The molecule has 0 bridgehead atoms. The van der Waals surface area contributed by atoms with E-state index in [9.17, 15) is 4.79 Å². The largest absolute Gasteiger partial charge is 0.356 e. The molecular weight excluding hydrogens is 340 g/mol. The van der Waals surface area contributed by atoms with E-state index in [0.29, 0.717) is 25.5 Å². The lowest BCUT2D eigenvalue weighted by Gasteiger charge is -2.15. The van der Waals surface area contributed by atoms with Crippen LogP contribution in [-0.2, 0) is 11.3 Å². The van der Waals surface area contributed by atoms with Crippen LogP contribution in [0.15, 0.2) is 35.3 Å². The van der Waals surface area contributed by atoms with E-state index in [0.717, 1.165) is 35.6 Å². The summed E-state index contributed by atoms with van der Waals surface area (Å²) in [5.41, 5.74) is 4.26. The van der Waals surface area contributed by atoms with Gasteiger partial charge in [0.1, 0.15) is 0 Å². The molecule has 1 aromatic carbocycles. The van der Waals surface area contributed by atoms with Crippen LogP contribution in [0.2, 0.25) is 0 Å². The molecule has 146 valence electrons. The number of guanidine groups is 1. The minimum absolute atomic E-state index is 0.0506. The highest BCUT2D eigenvalue weighted by atomic mass is 16.1. The van der Waals surface area contributed by atoms with Crippen molar-refractivity contribution in [3.8, 4) is 5.69 Å². The molecule has 2 aromatic rings. The molecule has 7 heteroatoms. The SMILES string of the molecule is CCCNC(=O)CCNC(=NC)NCc1ccccc1-n1nc(C)cc1C. The lowest BCUT2D eigenvalue weighted by atomic mass is 10.1. The third-order valence-corrected chi connectivity index (χ3v) is 4.12. The summed E-state index contributed by atoms with van der Waals surface area (Å²) in [6.07, 6.45) is 1.36. The van der Waals surface area contributed by atoms with Crippen LogP contribution in [0.25, 0.3) is 5.69 Å². The van der Waals surface area contributed by atoms with Crippen molar-refractivity contribution in [3.05, 3.63) is 47.3 Å². The Bertz CT molecular complexity index is 781. The summed E-state index contributed by atoms with van der Waals surface area (Å²) in [6.45, 7) is 7.94. The Labute approximate surface area is 161 Å². The molecule has 0 fully saturated rings. The Morgan fingerprint density at radius 1 is 1.15 bits per heavy atom. The van der Waals surface area contributed by atoms with Crippen LogP contribution in [0.1, 0.15) is 36.7 Å². The van der Waals surface area contributed by atoms with Crippen molar-refractivity contribution >= 4 is 11.9 Å². The second-order valence-electron chi connectivity index (χ2n) is 6.42. The summed E-state index contributed by atoms with van der Waals surface area (Å²) in [5, 5.41) is 13.9. The van der Waals surface area contributed by atoms with Gasteiger partial charge in [0.15, 0.2) is 5.96 Å². The molecule has 0 saturated carbocycles. The van der Waals surface area contributed by atoms with Gasteiger partial charge in [0.05, 0.1) is 11.4 Å². The molecule has 0 saturated heterocycles. The average molecular weight is 371 g/mol. The molecule has 0 unspecified atom stereocenters. The number of nitrogens with zero attached hydrogens (tertiary/aromatic N) is 3. The fraction of sp³-hybridized carbons (Fsp3) is 0.450. The summed E-state index contributed by atoms with van der Waals surface area (Å²) in [4.78, 5) is 15.9. The van der Waals surface area contributed by atoms with Crippen molar-refractivity contribution in [1.29, 1.82) is 0 Å². The van der Waals surface area contributed by atoms with Gasteiger partial charge in [-0.3, -0.25) is 9.79 Å². The maximum atomic E-state index is 11.7. The smallest absolute Gasteiger partial charge is 0.221 e. The molecule has 0 aliphatic carbocycles. The average Bonchev–Trinajstić information content (AvgIpc) is 3.01. The van der Waals surface area contributed by atoms with Crippen LogP contribution < -0.4 is 16.0 Å². The molecule has 3 N–H and O–H groups in total. The number of aryl methyl sites for hydroxylation is 2. The Morgan fingerprint density at radius 3 is 2.59 bits per heavy atom. The summed E-state index contributed by atoms with van der Waals surface area (Å²) >= 11 is 0. The highest BCUT2D eigenvalue weighted by molar-refractivity contribution is 5.81. The molecule has 2 rings (SSSR count). The summed E-state index contributed by atoms with van der Waals surface area (Å²) in [7, 11) is 1.72. The summed E-state index contributed by atoms with van der Waals surface area (Å²) in [6, 6.07) is 10.2. The predicted molar refractivity (Wildman–Crippen MR) is 109 cm³/mol. The first-order valence-electron chi connectivity index (χ1n) is 9.38. The summed E-state index contributed by atoms with van der Waals surface area (Å²) in [5.74, 6) is 0.719. The van der Waals surface area contributed by atoms with E-state index in [1.54, 1.807) is 7.05 Å². The molecule has 0 radical (unpaired) electrons. The van der Waals surface area contributed by atoms with Gasteiger partial charge in [0.25, 0.3) is 0 Å². The molecule has 0 aliphatic heterocycles. The topological polar surface area (TPSA) is 83.3 Å². The number of nitrogens with one attached hydrogen (secondary N) is 3. The number of aromatic nitrogens is 2. The molecule has 0 spiro atoms. The molecule has 1 aromatic heterocycles. The molecule has 27 heavy (non-hydrogen) atoms. The molecule has 0 atom stereocenters. The number of rotatable bonds is 8. The quantitative estimate of drug-likeness (QED) is 0.491. The maximum Gasteiger partial charge on any atom is 0.221 e. The molecular formula is C20H30N6O. The third-order valence-electron chi connectivity index (χ3n) is 4.12. The van der Waals surface area contributed by atoms with Crippen LogP contribution in [0.3, 0.4) is 0 Å². The number of benzene rings is 1. The van der Waals surface area contributed by atoms with Crippen molar-refractivity contribution in [2.45, 2.75) is 40.2 Å². The first kappa shape index (κ1) is 20.5. The Kier molecular flexibility index (Phi) is 7.85. The number of para-hydroxylation sites is 1. The molecule has 0 aliphatic rings. The maximum absolute atomic E-state index is 11.7. The Morgan fingerprint density at radius 2 is 1.93 bits per heavy atom. The highest BCUT2D eigenvalue weighted by Crippen LogP contribution is 2.16. The fourth-order valence-corrected chi connectivity index (χ4v) is 2.79. The summed E-state index contributed by atoms with van der Waals surface area (Å²) < 4.78 is 1.96. The van der Waals surface area contributed by atoms with E-state index in [2.05, 4.69) is 44.2 Å². The van der Waals surface area contributed by atoms with Crippen LogP contribution in [0.5, 0.6) is 0 Å². The van der Waals surface area contributed by atoms with Gasteiger partial charge in [-0.05, 0) is 38.0 Å². The minimum Gasteiger partial charge on any atom is -0.356 e. The number of amides is 1. The predicted octanol–water partition coefficient (Wildman–Crippen LogP) is 2.07. The highest BCUT2D eigenvalue weighted by Gasteiger charge is 2.09. The van der Waals surface area contributed by atoms with Crippen LogP contribution in [-0.4, -0.2) is 41.8 Å². The molecule has 7 nitrogen and oxygen atoms in total. The third kappa shape index (κ3) is 6.13. The van der Waals surface area contributed by atoms with Crippen molar-refractivity contribution < 1.29 is 4.79 Å². The molecule has 1 amide bonds. The second-order valence-corrected chi connectivity index (χ2v) is 6.42. The van der Waals surface area contributed by atoms with Crippen molar-refractivity contribution in [3.63, 3.8) is 0 Å². The van der Waals surface area contributed by atoms with Gasteiger partial charge in [0, 0.05) is 38.8 Å². The van der Waals surface area contributed by atoms with Crippen molar-refractivity contribution in [1.82, 2.24) is 25.7 Å². The van der Waals surface area contributed by atoms with Gasteiger partial charge < -0.3 is 16.0 Å². The van der Waals surface area contributed by atoms with Crippen molar-refractivity contribution in [2.75, 3.05) is 20.1 Å². The van der Waals surface area contributed by atoms with E-state index in [1.807, 2.05) is 37.6 Å². The first-order valence-corrected chi connectivity index (χ1v) is 9.38. The number of carbonyl (C=O) groups excluding carboxylic acids is 1. The second kappa shape index (κ2) is 10.4. The van der Waals surface area contributed by atoms with E-state index >= 15 is 0 Å². The number of carbonyl (C=O) groups is 1. The van der Waals surface area contributed by atoms with Crippen LogP contribution >= 0.6 is 0 Å². The lowest BCUT2D eigenvalue weighted by Crippen LogP contribution is -2.39.